The van der Waals surface area contributed by atoms with E-state index in [-0.39, 0.29) is 29.1 Å². The van der Waals surface area contributed by atoms with E-state index in [9.17, 15) is 14.4 Å². The largest absolute Gasteiger partial charge is 0.496 e. The van der Waals surface area contributed by atoms with Gasteiger partial charge in [-0.25, -0.2) is 0 Å². The Labute approximate surface area is 143 Å². The highest BCUT2D eigenvalue weighted by molar-refractivity contribution is 6.27. The predicted octanol–water partition coefficient (Wildman–Crippen LogP) is 3.06. The lowest BCUT2D eigenvalue weighted by Gasteiger charge is -2.30. The molecule has 0 spiro atoms. The van der Waals surface area contributed by atoms with Gasteiger partial charge in [-0.3, -0.25) is 14.4 Å². The topological polar surface area (TPSA) is 69.7 Å². The third-order valence-corrected chi connectivity index (χ3v) is 4.56. The molecule has 5 nitrogen and oxygen atoms in total. The van der Waals surface area contributed by atoms with Crippen LogP contribution in [0.1, 0.15) is 38.6 Å². The number of carbonyl (C=O) groups is 3. The molecule has 1 unspecified atom stereocenters. The van der Waals surface area contributed by atoms with Crippen LogP contribution in [-0.4, -0.2) is 24.6 Å². The summed E-state index contributed by atoms with van der Waals surface area (Å²) < 4.78 is 10.6. The fraction of sp³-hybridized carbons (Fsp3) is 0.150. The first-order valence-corrected chi connectivity index (χ1v) is 7.88. The highest BCUT2D eigenvalue weighted by Gasteiger charge is 2.43. The molecule has 1 atom stereocenters. The van der Waals surface area contributed by atoms with Crippen molar-refractivity contribution in [3.05, 3.63) is 76.6 Å². The number of allylic oxidation sites excluding steroid dienone is 2. The molecule has 0 radical (unpaired) electrons. The number of ether oxygens (including phenoxy) is 2. The van der Waals surface area contributed by atoms with Crippen molar-refractivity contribution >= 4 is 17.5 Å². The van der Waals surface area contributed by atoms with Gasteiger partial charge >= 0.3 is 5.97 Å². The van der Waals surface area contributed by atoms with Gasteiger partial charge in [0.1, 0.15) is 5.75 Å². The molecule has 1 aliphatic heterocycles. The molecule has 0 saturated carbocycles. The normalized spacial score (nSPS) is 19.2. The van der Waals surface area contributed by atoms with E-state index in [1.54, 1.807) is 42.5 Å². The molecular weight excluding hydrogens is 320 g/mol. The van der Waals surface area contributed by atoms with E-state index < -0.39 is 17.7 Å². The van der Waals surface area contributed by atoms with Crippen molar-refractivity contribution in [2.45, 2.75) is 12.3 Å². The number of hydrogen-bond acceptors (Lipinski definition) is 5. The number of esters is 1. The maximum absolute atomic E-state index is 13.0. The molecule has 1 heterocycles. The zero-order valence-electron chi connectivity index (χ0n) is 13.4. The van der Waals surface area contributed by atoms with Gasteiger partial charge in [-0.05, 0) is 6.07 Å². The summed E-state index contributed by atoms with van der Waals surface area (Å²) in [7, 11) is 1.53. The average Bonchev–Trinajstić information content (AvgIpc) is 2.65. The van der Waals surface area contributed by atoms with Crippen LogP contribution in [0.2, 0.25) is 0 Å². The van der Waals surface area contributed by atoms with Gasteiger partial charge in [0.05, 0.1) is 19.1 Å². The van der Waals surface area contributed by atoms with E-state index in [0.29, 0.717) is 16.9 Å². The molecule has 2 aliphatic rings. The number of rotatable bonds is 2. The van der Waals surface area contributed by atoms with E-state index in [0.717, 1.165) is 0 Å². The Morgan fingerprint density at radius 2 is 1.56 bits per heavy atom. The number of benzene rings is 2. The molecule has 124 valence electrons. The van der Waals surface area contributed by atoms with Crippen LogP contribution >= 0.6 is 0 Å². The van der Waals surface area contributed by atoms with Crippen molar-refractivity contribution in [2.24, 2.45) is 0 Å². The van der Waals surface area contributed by atoms with Gasteiger partial charge in [0, 0.05) is 22.6 Å². The van der Waals surface area contributed by atoms with E-state index in [1.165, 1.54) is 7.11 Å². The molecule has 5 heteroatoms. The fourth-order valence-corrected chi connectivity index (χ4v) is 3.43. The van der Waals surface area contributed by atoms with Crippen LogP contribution in [-0.2, 0) is 9.53 Å². The van der Waals surface area contributed by atoms with Gasteiger partial charge in [0.15, 0.2) is 11.5 Å². The summed E-state index contributed by atoms with van der Waals surface area (Å²) in [6, 6.07) is 13.8. The van der Waals surface area contributed by atoms with Gasteiger partial charge in [-0.1, -0.05) is 42.5 Å². The first-order valence-electron chi connectivity index (χ1n) is 7.88. The molecule has 1 aliphatic carbocycles. The third kappa shape index (κ3) is 2.28. The summed E-state index contributed by atoms with van der Waals surface area (Å²) in [5.74, 6) is -1.41. The van der Waals surface area contributed by atoms with Crippen LogP contribution < -0.4 is 4.74 Å². The minimum Gasteiger partial charge on any atom is -0.496 e. The van der Waals surface area contributed by atoms with E-state index in [2.05, 4.69) is 0 Å². The van der Waals surface area contributed by atoms with Crippen molar-refractivity contribution in [1.29, 1.82) is 0 Å². The first-order chi connectivity index (χ1) is 12.1. The summed E-state index contributed by atoms with van der Waals surface area (Å²) in [5.41, 5.74) is 1.52. The van der Waals surface area contributed by atoms with Crippen molar-refractivity contribution in [2.75, 3.05) is 7.11 Å². The van der Waals surface area contributed by atoms with E-state index >= 15 is 0 Å². The molecule has 2 aromatic carbocycles. The second kappa shape index (κ2) is 5.70. The first kappa shape index (κ1) is 15.3. The minimum atomic E-state index is -0.572. The summed E-state index contributed by atoms with van der Waals surface area (Å²) in [4.78, 5) is 37.9. The fourth-order valence-electron chi connectivity index (χ4n) is 3.43. The lowest BCUT2D eigenvalue weighted by atomic mass is 9.76. The number of Topliss-reactive ketones (excluding diaryl/α,β-unsaturated/α-hetero) is 2. The van der Waals surface area contributed by atoms with Crippen LogP contribution in [0.3, 0.4) is 0 Å². The van der Waals surface area contributed by atoms with Crippen molar-refractivity contribution in [1.82, 2.24) is 0 Å². The second-order valence-corrected chi connectivity index (χ2v) is 5.92. The Morgan fingerprint density at radius 1 is 0.920 bits per heavy atom. The van der Waals surface area contributed by atoms with Crippen LogP contribution in [0.4, 0.5) is 0 Å². The molecule has 0 aromatic heterocycles. The van der Waals surface area contributed by atoms with Crippen LogP contribution in [0.5, 0.6) is 5.75 Å². The third-order valence-electron chi connectivity index (χ3n) is 4.56. The zero-order valence-corrected chi connectivity index (χ0v) is 13.4. The lowest BCUT2D eigenvalue weighted by molar-refractivity contribution is -0.140. The number of para-hydroxylation sites is 1. The maximum atomic E-state index is 13.0. The zero-order chi connectivity index (χ0) is 17.6. The molecule has 2 aromatic rings. The highest BCUT2D eigenvalue weighted by Crippen LogP contribution is 2.43. The molecule has 0 amide bonds. The molecule has 4 rings (SSSR count). The van der Waals surface area contributed by atoms with Crippen LogP contribution in [0.15, 0.2) is 59.9 Å². The van der Waals surface area contributed by atoms with Gasteiger partial charge in [-0.2, -0.15) is 0 Å². The number of carbonyl (C=O) groups excluding carboxylic acids is 3. The number of hydrogen-bond donors (Lipinski definition) is 0. The Balaban J connectivity index is 1.93. The van der Waals surface area contributed by atoms with Crippen LogP contribution in [0, 0.1) is 0 Å². The summed E-state index contributed by atoms with van der Waals surface area (Å²) in [6.07, 6.45) is -0.0135. The molecule has 0 saturated heterocycles. The van der Waals surface area contributed by atoms with Crippen LogP contribution in [0.25, 0.3) is 0 Å². The Bertz CT molecular complexity index is 954. The van der Waals surface area contributed by atoms with E-state index in [1.807, 2.05) is 6.07 Å². The molecule has 0 bridgehead atoms. The number of fused-ring (bicyclic) bond motifs is 1. The lowest BCUT2D eigenvalue weighted by Crippen LogP contribution is -2.33. The molecule has 0 N–H and O–H groups in total. The van der Waals surface area contributed by atoms with Crippen molar-refractivity contribution < 1.29 is 23.9 Å². The van der Waals surface area contributed by atoms with Gasteiger partial charge < -0.3 is 9.47 Å². The van der Waals surface area contributed by atoms with Gasteiger partial charge in [0.2, 0.25) is 5.78 Å². The van der Waals surface area contributed by atoms with E-state index in [4.69, 9.17) is 9.47 Å². The smallest absolute Gasteiger partial charge is 0.312 e. The van der Waals surface area contributed by atoms with Crippen molar-refractivity contribution in [3.8, 4) is 5.75 Å². The number of methoxy groups -OCH3 is 1. The quantitative estimate of drug-likeness (QED) is 0.790. The Hall–Kier alpha value is -3.21. The Morgan fingerprint density at radius 3 is 2.28 bits per heavy atom. The number of ketones is 2. The standard InChI is InChI=1S/C20H14O5/c1-24-15-9-5-4-6-11(15)14-10-16(21)25-20-17(14)18(22)12-7-2-3-8-13(12)19(20)23/h2-9,14H,10H2,1H3. The summed E-state index contributed by atoms with van der Waals surface area (Å²) >= 11 is 0. The summed E-state index contributed by atoms with van der Waals surface area (Å²) in [5, 5.41) is 0. The summed E-state index contributed by atoms with van der Waals surface area (Å²) in [6.45, 7) is 0. The van der Waals surface area contributed by atoms with Gasteiger partial charge in [0.25, 0.3) is 0 Å². The maximum Gasteiger partial charge on any atom is 0.312 e. The monoisotopic (exact) mass is 334 g/mol. The minimum absolute atomic E-state index is 0.0135. The Kier molecular flexibility index (Phi) is 3.50. The van der Waals surface area contributed by atoms with Crippen molar-refractivity contribution in [3.63, 3.8) is 0 Å². The molecule has 25 heavy (non-hydrogen) atoms. The average molecular weight is 334 g/mol. The SMILES string of the molecule is COc1ccccc1C1CC(=O)OC2=C1C(=O)c1ccccc1C2=O. The second-order valence-electron chi connectivity index (χ2n) is 5.92. The highest BCUT2D eigenvalue weighted by atomic mass is 16.5. The molecule has 0 fully saturated rings. The molecular formula is C20H14O5. The predicted molar refractivity (Wildman–Crippen MR) is 88.6 cm³/mol. The van der Waals surface area contributed by atoms with Gasteiger partial charge in [-0.15, -0.1) is 0 Å².